The van der Waals surface area contributed by atoms with Gasteiger partial charge in [0.1, 0.15) is 12.4 Å². The summed E-state index contributed by atoms with van der Waals surface area (Å²) in [6.07, 6.45) is 1.11. The number of rotatable bonds is 5. The maximum Gasteiger partial charge on any atom is 0.142 e. The lowest BCUT2D eigenvalue weighted by Crippen LogP contribution is -2.00. The highest BCUT2D eigenvalue weighted by Gasteiger charge is 2.07. The number of ether oxygens (including phenoxy) is 1. The average molecular weight is 255 g/mol. The first-order valence-corrected chi connectivity index (χ1v) is 6.77. The first-order valence-electron chi connectivity index (χ1n) is 6.77. The van der Waals surface area contributed by atoms with Crippen LogP contribution in [0.1, 0.15) is 37.3 Å². The van der Waals surface area contributed by atoms with Crippen LogP contribution in [0.2, 0.25) is 0 Å². The first kappa shape index (κ1) is 13.5. The van der Waals surface area contributed by atoms with E-state index in [4.69, 9.17) is 10.5 Å². The lowest BCUT2D eigenvalue weighted by molar-refractivity contribution is 0.308. The van der Waals surface area contributed by atoms with Gasteiger partial charge in [0.15, 0.2) is 0 Å². The van der Waals surface area contributed by atoms with Crippen LogP contribution in [-0.2, 0) is 6.61 Å². The zero-order valence-corrected chi connectivity index (χ0v) is 11.6. The van der Waals surface area contributed by atoms with Crippen molar-refractivity contribution in [3.05, 3.63) is 59.7 Å². The number of nitrogens with two attached hydrogens (primary N) is 1. The molecule has 2 N–H and O–H groups in total. The maximum atomic E-state index is 6.05. The Morgan fingerprint density at radius 2 is 1.84 bits per heavy atom. The Balaban J connectivity index is 2.05. The van der Waals surface area contributed by atoms with Crippen LogP contribution in [0.4, 0.5) is 5.69 Å². The second kappa shape index (κ2) is 6.28. The van der Waals surface area contributed by atoms with Crippen LogP contribution in [0, 0.1) is 0 Å². The molecule has 0 aliphatic rings. The summed E-state index contributed by atoms with van der Waals surface area (Å²) in [5.74, 6) is 1.29. The number of benzene rings is 2. The van der Waals surface area contributed by atoms with Gasteiger partial charge in [-0.15, -0.1) is 0 Å². The Labute approximate surface area is 115 Å². The number of hydrogen-bond donors (Lipinski definition) is 1. The molecule has 0 fully saturated rings. The van der Waals surface area contributed by atoms with E-state index < -0.39 is 0 Å². The molecule has 1 atom stereocenters. The summed E-state index contributed by atoms with van der Waals surface area (Å²) in [5, 5.41) is 0. The van der Waals surface area contributed by atoms with Gasteiger partial charge in [-0.25, -0.2) is 0 Å². The van der Waals surface area contributed by atoms with Crippen molar-refractivity contribution in [1.29, 1.82) is 0 Å². The summed E-state index contributed by atoms with van der Waals surface area (Å²) in [6.45, 7) is 4.94. The van der Waals surface area contributed by atoms with Crippen molar-refractivity contribution in [3.63, 3.8) is 0 Å². The molecule has 0 saturated carbocycles. The van der Waals surface area contributed by atoms with Crippen molar-refractivity contribution in [2.45, 2.75) is 32.8 Å². The van der Waals surface area contributed by atoms with Gasteiger partial charge in [0.05, 0.1) is 5.69 Å². The molecule has 0 spiro atoms. The fraction of sp³-hybridized carbons (Fsp3) is 0.294. The molecule has 2 aromatic rings. The van der Waals surface area contributed by atoms with Gasteiger partial charge in [-0.05, 0) is 35.6 Å². The number of hydrogen-bond acceptors (Lipinski definition) is 2. The molecule has 100 valence electrons. The van der Waals surface area contributed by atoms with E-state index in [0.29, 0.717) is 18.2 Å². The van der Waals surface area contributed by atoms with Crippen LogP contribution < -0.4 is 10.5 Å². The minimum Gasteiger partial charge on any atom is -0.487 e. The Bertz CT molecular complexity index is 522. The first-order chi connectivity index (χ1) is 9.20. The summed E-state index contributed by atoms with van der Waals surface area (Å²) < 4.78 is 5.77. The smallest absolute Gasteiger partial charge is 0.142 e. The minimum absolute atomic E-state index is 0.533. The SMILES string of the molecule is CCC(C)c1ccc(OCc2ccccc2)c(N)c1. The van der Waals surface area contributed by atoms with Crippen molar-refractivity contribution in [3.8, 4) is 5.75 Å². The van der Waals surface area contributed by atoms with E-state index >= 15 is 0 Å². The lowest BCUT2D eigenvalue weighted by atomic mass is 9.98. The Kier molecular flexibility index (Phi) is 4.45. The lowest BCUT2D eigenvalue weighted by Gasteiger charge is -2.13. The van der Waals surface area contributed by atoms with Crippen molar-refractivity contribution >= 4 is 5.69 Å². The zero-order chi connectivity index (χ0) is 13.7. The average Bonchev–Trinajstić information content (AvgIpc) is 2.46. The fourth-order valence-corrected chi connectivity index (χ4v) is 1.98. The highest BCUT2D eigenvalue weighted by atomic mass is 16.5. The third kappa shape index (κ3) is 3.50. The summed E-state index contributed by atoms with van der Waals surface area (Å²) in [4.78, 5) is 0. The highest BCUT2D eigenvalue weighted by Crippen LogP contribution is 2.28. The van der Waals surface area contributed by atoms with Crippen LogP contribution >= 0.6 is 0 Å². The molecule has 0 amide bonds. The Morgan fingerprint density at radius 3 is 2.47 bits per heavy atom. The van der Waals surface area contributed by atoms with Gasteiger partial charge in [-0.1, -0.05) is 50.2 Å². The van der Waals surface area contributed by atoms with Crippen LogP contribution in [0.5, 0.6) is 5.75 Å². The normalized spacial score (nSPS) is 12.1. The van der Waals surface area contributed by atoms with Gasteiger partial charge in [-0.2, -0.15) is 0 Å². The van der Waals surface area contributed by atoms with Gasteiger partial charge in [0.25, 0.3) is 0 Å². The third-order valence-corrected chi connectivity index (χ3v) is 3.45. The molecule has 2 heteroatoms. The summed E-state index contributed by atoms with van der Waals surface area (Å²) in [7, 11) is 0. The fourth-order valence-electron chi connectivity index (χ4n) is 1.98. The van der Waals surface area contributed by atoms with E-state index in [-0.39, 0.29) is 0 Å². The maximum absolute atomic E-state index is 6.05. The zero-order valence-electron chi connectivity index (χ0n) is 11.6. The van der Waals surface area contributed by atoms with Crippen LogP contribution in [0.15, 0.2) is 48.5 Å². The van der Waals surface area contributed by atoms with E-state index in [0.717, 1.165) is 17.7 Å². The van der Waals surface area contributed by atoms with Gasteiger partial charge < -0.3 is 10.5 Å². The molecule has 2 nitrogen and oxygen atoms in total. The van der Waals surface area contributed by atoms with Gasteiger partial charge in [-0.3, -0.25) is 0 Å². The predicted octanol–water partition coefficient (Wildman–Crippen LogP) is 4.36. The molecule has 0 radical (unpaired) electrons. The topological polar surface area (TPSA) is 35.2 Å². The second-order valence-corrected chi connectivity index (χ2v) is 4.88. The van der Waals surface area contributed by atoms with Gasteiger partial charge in [0.2, 0.25) is 0 Å². The van der Waals surface area contributed by atoms with Gasteiger partial charge >= 0.3 is 0 Å². The third-order valence-electron chi connectivity index (χ3n) is 3.45. The van der Waals surface area contributed by atoms with Crippen LogP contribution in [0.3, 0.4) is 0 Å². The highest BCUT2D eigenvalue weighted by molar-refractivity contribution is 5.54. The van der Waals surface area contributed by atoms with E-state index in [1.165, 1.54) is 5.56 Å². The molecule has 0 heterocycles. The molecule has 0 bridgehead atoms. The van der Waals surface area contributed by atoms with E-state index in [2.05, 4.69) is 19.9 Å². The van der Waals surface area contributed by atoms with Crippen molar-refractivity contribution in [2.75, 3.05) is 5.73 Å². The van der Waals surface area contributed by atoms with Crippen LogP contribution in [0.25, 0.3) is 0 Å². The number of anilines is 1. The molecular weight excluding hydrogens is 234 g/mol. The largest absolute Gasteiger partial charge is 0.487 e. The van der Waals surface area contributed by atoms with E-state index in [1.54, 1.807) is 0 Å². The molecule has 0 saturated heterocycles. The monoisotopic (exact) mass is 255 g/mol. The van der Waals surface area contributed by atoms with Crippen LogP contribution in [-0.4, -0.2) is 0 Å². The van der Waals surface area contributed by atoms with Gasteiger partial charge in [0, 0.05) is 0 Å². The molecule has 2 aromatic carbocycles. The summed E-state index contributed by atoms with van der Waals surface area (Å²) >= 11 is 0. The number of nitrogen functional groups attached to an aromatic ring is 1. The Hall–Kier alpha value is -1.96. The molecule has 0 aliphatic carbocycles. The van der Waals surface area contributed by atoms with E-state index in [9.17, 15) is 0 Å². The van der Waals surface area contributed by atoms with Crippen molar-refractivity contribution in [2.24, 2.45) is 0 Å². The quantitative estimate of drug-likeness (QED) is 0.806. The van der Waals surface area contributed by atoms with E-state index in [1.807, 2.05) is 42.5 Å². The second-order valence-electron chi connectivity index (χ2n) is 4.88. The molecular formula is C17H21NO. The molecule has 19 heavy (non-hydrogen) atoms. The van der Waals surface area contributed by atoms with Crippen molar-refractivity contribution in [1.82, 2.24) is 0 Å². The molecule has 0 aromatic heterocycles. The summed E-state index contributed by atoms with van der Waals surface area (Å²) in [6, 6.07) is 16.2. The molecule has 1 unspecified atom stereocenters. The Morgan fingerprint density at radius 1 is 1.11 bits per heavy atom. The minimum atomic E-state index is 0.533. The van der Waals surface area contributed by atoms with Crippen molar-refractivity contribution < 1.29 is 4.74 Å². The predicted molar refractivity (Wildman–Crippen MR) is 80.3 cm³/mol. The molecule has 2 rings (SSSR count). The summed E-state index contributed by atoms with van der Waals surface area (Å²) in [5.41, 5.74) is 9.19. The molecule has 0 aliphatic heterocycles. The standard InChI is InChI=1S/C17H21NO/c1-3-13(2)15-9-10-17(16(18)11-15)19-12-14-7-5-4-6-8-14/h4-11,13H,3,12,18H2,1-2H3.